The predicted molar refractivity (Wildman–Crippen MR) is 95.6 cm³/mol. The normalized spacial score (nSPS) is 10.7. The number of benzene rings is 1. The van der Waals surface area contributed by atoms with Gasteiger partial charge in [-0.15, -0.1) is 0 Å². The highest BCUT2D eigenvalue weighted by atomic mass is 35.5. The molecule has 0 saturated carbocycles. The molecular weight excluding hydrogens is 381 g/mol. The Bertz CT molecular complexity index is 966. The number of hydrogen-bond donors (Lipinski definition) is 2. The summed E-state index contributed by atoms with van der Waals surface area (Å²) in [5, 5.41) is 20.4. The number of carboxylic acid groups (broad SMARTS) is 1. The SMILES string of the molecule is O=C(O)Cn1ccc(C(=O)Nc2cnn(Cc3ccc(Cl)c(Cl)c3)c2)n1. The van der Waals surface area contributed by atoms with Gasteiger partial charge in [-0.3, -0.25) is 19.0 Å². The Labute approximate surface area is 157 Å². The summed E-state index contributed by atoms with van der Waals surface area (Å²) in [5.41, 5.74) is 1.51. The molecule has 0 bridgehead atoms. The molecule has 0 fully saturated rings. The zero-order valence-corrected chi connectivity index (χ0v) is 14.8. The minimum atomic E-state index is -1.04. The van der Waals surface area contributed by atoms with Crippen LogP contribution in [0.2, 0.25) is 10.0 Å². The van der Waals surface area contributed by atoms with Gasteiger partial charge in [0, 0.05) is 12.4 Å². The van der Waals surface area contributed by atoms with E-state index in [1.807, 2.05) is 6.07 Å². The average molecular weight is 394 g/mol. The molecule has 1 amide bonds. The van der Waals surface area contributed by atoms with Crippen molar-refractivity contribution in [1.29, 1.82) is 0 Å². The number of anilines is 1. The Morgan fingerprint density at radius 2 is 1.96 bits per heavy atom. The smallest absolute Gasteiger partial charge is 0.325 e. The third-order valence-electron chi connectivity index (χ3n) is 3.39. The summed E-state index contributed by atoms with van der Waals surface area (Å²) < 4.78 is 2.81. The molecule has 8 nitrogen and oxygen atoms in total. The van der Waals surface area contributed by atoms with Gasteiger partial charge in [0.05, 0.1) is 28.5 Å². The van der Waals surface area contributed by atoms with Gasteiger partial charge in [-0.2, -0.15) is 10.2 Å². The Kier molecular flexibility index (Phi) is 5.24. The number of aliphatic carboxylic acids is 1. The molecule has 2 aromatic heterocycles. The van der Waals surface area contributed by atoms with Gasteiger partial charge in [0.2, 0.25) is 0 Å². The number of carbonyl (C=O) groups is 2. The molecular formula is C16H13Cl2N5O3. The predicted octanol–water partition coefficient (Wildman–Crippen LogP) is 2.77. The summed E-state index contributed by atoms with van der Waals surface area (Å²) in [5.74, 6) is -1.49. The van der Waals surface area contributed by atoms with Gasteiger partial charge >= 0.3 is 5.97 Å². The molecule has 134 valence electrons. The zero-order valence-electron chi connectivity index (χ0n) is 13.3. The van der Waals surface area contributed by atoms with Gasteiger partial charge < -0.3 is 10.4 Å². The minimum Gasteiger partial charge on any atom is -0.480 e. The number of carboxylic acids is 1. The van der Waals surface area contributed by atoms with Gasteiger partial charge in [-0.25, -0.2) is 0 Å². The maximum absolute atomic E-state index is 12.2. The fraction of sp³-hybridized carbons (Fsp3) is 0.125. The molecule has 26 heavy (non-hydrogen) atoms. The van der Waals surface area contributed by atoms with E-state index >= 15 is 0 Å². The summed E-state index contributed by atoms with van der Waals surface area (Å²) in [6.07, 6.45) is 4.59. The Balaban J connectivity index is 1.64. The summed E-state index contributed by atoms with van der Waals surface area (Å²) in [7, 11) is 0. The molecule has 0 aliphatic rings. The van der Waals surface area contributed by atoms with Gasteiger partial charge in [0.15, 0.2) is 5.69 Å². The molecule has 0 aliphatic heterocycles. The van der Waals surface area contributed by atoms with Crippen molar-refractivity contribution in [3.63, 3.8) is 0 Å². The highest BCUT2D eigenvalue weighted by Gasteiger charge is 2.12. The average Bonchev–Trinajstić information content (AvgIpc) is 3.20. The summed E-state index contributed by atoms with van der Waals surface area (Å²) in [6, 6.07) is 6.74. The van der Waals surface area contributed by atoms with Crippen LogP contribution in [0.25, 0.3) is 0 Å². The van der Waals surface area contributed by atoms with Crippen LogP contribution in [-0.2, 0) is 17.9 Å². The van der Waals surface area contributed by atoms with Crippen LogP contribution in [0.15, 0.2) is 42.9 Å². The van der Waals surface area contributed by atoms with Crippen LogP contribution in [0.3, 0.4) is 0 Å². The van der Waals surface area contributed by atoms with Crippen LogP contribution < -0.4 is 5.32 Å². The van der Waals surface area contributed by atoms with Crippen LogP contribution in [0.5, 0.6) is 0 Å². The first kappa shape index (κ1) is 18.0. The van der Waals surface area contributed by atoms with Gasteiger partial charge in [0.25, 0.3) is 5.91 Å². The Morgan fingerprint density at radius 1 is 1.15 bits per heavy atom. The first-order valence-electron chi connectivity index (χ1n) is 7.43. The molecule has 0 saturated heterocycles. The lowest BCUT2D eigenvalue weighted by Gasteiger charge is -2.03. The molecule has 0 spiro atoms. The largest absolute Gasteiger partial charge is 0.480 e. The van der Waals surface area contributed by atoms with E-state index in [-0.39, 0.29) is 12.2 Å². The standard InChI is InChI=1S/C16H13Cl2N5O3/c17-12-2-1-10(5-13(12)18)7-23-8-11(6-19-23)20-16(26)14-3-4-22(21-14)9-15(24)25/h1-6,8H,7,9H2,(H,20,26)(H,24,25). The number of carbonyl (C=O) groups excluding carboxylic acids is 1. The van der Waals surface area contributed by atoms with Crippen molar-refractivity contribution in [3.05, 3.63) is 64.2 Å². The van der Waals surface area contributed by atoms with E-state index in [1.165, 1.54) is 23.1 Å². The molecule has 0 unspecified atom stereocenters. The second-order valence-electron chi connectivity index (χ2n) is 5.42. The number of halogens is 2. The van der Waals surface area contributed by atoms with E-state index in [4.69, 9.17) is 28.3 Å². The third kappa shape index (κ3) is 4.41. The molecule has 3 aromatic rings. The molecule has 2 heterocycles. The lowest BCUT2D eigenvalue weighted by atomic mass is 10.2. The van der Waals surface area contributed by atoms with E-state index in [0.29, 0.717) is 22.3 Å². The van der Waals surface area contributed by atoms with Gasteiger partial charge in [-0.05, 0) is 23.8 Å². The van der Waals surface area contributed by atoms with E-state index in [2.05, 4.69) is 15.5 Å². The second-order valence-corrected chi connectivity index (χ2v) is 6.24. The third-order valence-corrected chi connectivity index (χ3v) is 4.13. The number of hydrogen-bond acceptors (Lipinski definition) is 4. The van der Waals surface area contributed by atoms with Crippen molar-refractivity contribution in [1.82, 2.24) is 19.6 Å². The lowest BCUT2D eigenvalue weighted by molar-refractivity contribution is -0.137. The van der Waals surface area contributed by atoms with E-state index in [0.717, 1.165) is 5.56 Å². The van der Waals surface area contributed by atoms with Crippen LogP contribution in [0, 0.1) is 0 Å². The first-order valence-corrected chi connectivity index (χ1v) is 8.19. The fourth-order valence-corrected chi connectivity index (χ4v) is 2.56. The quantitative estimate of drug-likeness (QED) is 0.670. The van der Waals surface area contributed by atoms with E-state index in [1.54, 1.807) is 23.0 Å². The van der Waals surface area contributed by atoms with Crippen molar-refractivity contribution in [2.24, 2.45) is 0 Å². The molecule has 0 atom stereocenters. The van der Waals surface area contributed by atoms with Crippen molar-refractivity contribution < 1.29 is 14.7 Å². The molecule has 3 rings (SSSR count). The highest BCUT2D eigenvalue weighted by Crippen LogP contribution is 2.23. The molecule has 10 heteroatoms. The highest BCUT2D eigenvalue weighted by molar-refractivity contribution is 6.42. The number of aromatic nitrogens is 4. The maximum Gasteiger partial charge on any atom is 0.325 e. The number of nitrogens with one attached hydrogen (secondary N) is 1. The Morgan fingerprint density at radius 3 is 2.69 bits per heavy atom. The maximum atomic E-state index is 12.2. The minimum absolute atomic E-state index is 0.114. The van der Waals surface area contributed by atoms with Crippen molar-refractivity contribution in [3.8, 4) is 0 Å². The topological polar surface area (TPSA) is 102 Å². The van der Waals surface area contributed by atoms with Gasteiger partial charge in [0.1, 0.15) is 6.54 Å². The number of rotatable bonds is 6. The summed E-state index contributed by atoms with van der Waals surface area (Å²) in [6.45, 7) is 0.148. The van der Waals surface area contributed by atoms with Crippen molar-refractivity contribution in [2.45, 2.75) is 13.1 Å². The zero-order chi connectivity index (χ0) is 18.7. The van der Waals surface area contributed by atoms with E-state index < -0.39 is 11.9 Å². The monoisotopic (exact) mass is 393 g/mol. The van der Waals surface area contributed by atoms with Crippen molar-refractivity contribution in [2.75, 3.05) is 5.32 Å². The lowest BCUT2D eigenvalue weighted by Crippen LogP contribution is -2.14. The number of amides is 1. The van der Waals surface area contributed by atoms with Gasteiger partial charge in [-0.1, -0.05) is 29.3 Å². The summed E-state index contributed by atoms with van der Waals surface area (Å²) in [4.78, 5) is 22.8. The van der Waals surface area contributed by atoms with Crippen LogP contribution in [0.4, 0.5) is 5.69 Å². The molecule has 0 aliphatic carbocycles. The Hall–Kier alpha value is -2.84. The van der Waals surface area contributed by atoms with Crippen LogP contribution >= 0.6 is 23.2 Å². The number of nitrogens with zero attached hydrogens (tertiary/aromatic N) is 4. The van der Waals surface area contributed by atoms with Crippen LogP contribution in [0.1, 0.15) is 16.1 Å². The second kappa shape index (κ2) is 7.59. The fourth-order valence-electron chi connectivity index (χ4n) is 2.24. The first-order chi connectivity index (χ1) is 12.4. The molecule has 0 radical (unpaired) electrons. The molecule has 1 aromatic carbocycles. The van der Waals surface area contributed by atoms with E-state index in [9.17, 15) is 9.59 Å². The molecule has 2 N–H and O–H groups in total. The van der Waals surface area contributed by atoms with Crippen LogP contribution in [-0.4, -0.2) is 36.5 Å². The summed E-state index contributed by atoms with van der Waals surface area (Å²) >= 11 is 11.9. The van der Waals surface area contributed by atoms with Crippen molar-refractivity contribution >= 4 is 40.8 Å².